The van der Waals surface area contributed by atoms with E-state index in [-0.39, 0.29) is 23.6 Å². The SMILES string of the molecule is CC(C)c1cc(C(C)C)n([C@@H](C)[C@@H](C)OC(=O)Nc2ccc(F)cc2F)n1. The highest BCUT2D eigenvalue weighted by atomic mass is 19.1. The second-order valence-corrected chi connectivity index (χ2v) is 7.35. The normalized spacial score (nSPS) is 13.7. The number of hydrogen-bond donors (Lipinski definition) is 1. The van der Waals surface area contributed by atoms with Crippen LogP contribution in [0, 0.1) is 11.6 Å². The molecule has 7 heteroatoms. The van der Waals surface area contributed by atoms with Gasteiger partial charge in [0.05, 0.1) is 17.4 Å². The fraction of sp³-hybridized carbons (Fsp3) is 0.500. The molecular formula is C20H27F2N3O2. The second kappa shape index (κ2) is 8.50. The lowest BCUT2D eigenvalue weighted by Gasteiger charge is -2.24. The third-order valence-corrected chi connectivity index (χ3v) is 4.49. The fourth-order valence-electron chi connectivity index (χ4n) is 2.66. The van der Waals surface area contributed by atoms with Gasteiger partial charge in [0.2, 0.25) is 0 Å². The second-order valence-electron chi connectivity index (χ2n) is 7.35. The van der Waals surface area contributed by atoms with Crippen LogP contribution in [0.3, 0.4) is 0 Å². The first-order valence-electron chi connectivity index (χ1n) is 9.12. The Bertz CT molecular complexity index is 803. The van der Waals surface area contributed by atoms with Crippen molar-refractivity contribution in [3.8, 4) is 0 Å². The van der Waals surface area contributed by atoms with Gasteiger partial charge in [0.1, 0.15) is 17.7 Å². The van der Waals surface area contributed by atoms with Crippen molar-refractivity contribution in [2.45, 2.75) is 65.5 Å². The lowest BCUT2D eigenvalue weighted by atomic mass is 10.1. The fourth-order valence-corrected chi connectivity index (χ4v) is 2.66. The molecule has 148 valence electrons. The van der Waals surface area contributed by atoms with Crippen LogP contribution in [0.1, 0.15) is 70.8 Å². The van der Waals surface area contributed by atoms with Crippen molar-refractivity contribution < 1.29 is 18.3 Å². The molecule has 1 N–H and O–H groups in total. The number of nitrogens with one attached hydrogen (secondary N) is 1. The molecule has 0 saturated heterocycles. The van der Waals surface area contributed by atoms with E-state index in [0.29, 0.717) is 6.07 Å². The van der Waals surface area contributed by atoms with Crippen molar-refractivity contribution in [2.75, 3.05) is 5.32 Å². The van der Waals surface area contributed by atoms with Gasteiger partial charge >= 0.3 is 6.09 Å². The third kappa shape index (κ3) is 5.05. The molecular weight excluding hydrogens is 352 g/mol. The first-order chi connectivity index (χ1) is 12.6. The van der Waals surface area contributed by atoms with E-state index in [1.54, 1.807) is 6.92 Å². The molecule has 0 aliphatic rings. The lowest BCUT2D eigenvalue weighted by Crippen LogP contribution is -2.29. The van der Waals surface area contributed by atoms with Crippen LogP contribution in [-0.4, -0.2) is 22.0 Å². The first kappa shape index (κ1) is 20.9. The van der Waals surface area contributed by atoms with Gasteiger partial charge in [-0.1, -0.05) is 27.7 Å². The van der Waals surface area contributed by atoms with Crippen molar-refractivity contribution in [3.63, 3.8) is 0 Å². The summed E-state index contributed by atoms with van der Waals surface area (Å²) >= 11 is 0. The Kier molecular flexibility index (Phi) is 6.57. The van der Waals surface area contributed by atoms with E-state index in [9.17, 15) is 13.6 Å². The number of ether oxygens (including phenoxy) is 1. The zero-order valence-corrected chi connectivity index (χ0v) is 16.6. The van der Waals surface area contributed by atoms with Crippen LogP contribution in [0.5, 0.6) is 0 Å². The number of hydrogen-bond acceptors (Lipinski definition) is 3. The van der Waals surface area contributed by atoms with Crippen LogP contribution >= 0.6 is 0 Å². The summed E-state index contributed by atoms with van der Waals surface area (Å²) in [5.74, 6) is -1.02. The Balaban J connectivity index is 2.10. The van der Waals surface area contributed by atoms with Gasteiger partial charge in [-0.25, -0.2) is 13.6 Å². The molecule has 0 aliphatic heterocycles. The summed E-state index contributed by atoms with van der Waals surface area (Å²) in [7, 11) is 0. The summed E-state index contributed by atoms with van der Waals surface area (Å²) in [4.78, 5) is 12.1. The van der Waals surface area contributed by atoms with Crippen LogP contribution in [-0.2, 0) is 4.74 Å². The number of aromatic nitrogens is 2. The van der Waals surface area contributed by atoms with Crippen molar-refractivity contribution >= 4 is 11.8 Å². The number of carbonyl (C=O) groups excluding carboxylic acids is 1. The molecule has 1 aromatic carbocycles. The smallest absolute Gasteiger partial charge is 0.412 e. The summed E-state index contributed by atoms with van der Waals surface area (Å²) in [5, 5.41) is 6.97. The molecule has 0 aliphatic carbocycles. The van der Waals surface area contributed by atoms with Gasteiger partial charge in [-0.15, -0.1) is 0 Å². The summed E-state index contributed by atoms with van der Waals surface area (Å²) in [6, 6.07) is 4.79. The van der Waals surface area contributed by atoms with Crippen molar-refractivity contribution in [3.05, 3.63) is 47.3 Å². The Hall–Kier alpha value is -2.44. The molecule has 1 aromatic heterocycles. The molecule has 0 bridgehead atoms. The third-order valence-electron chi connectivity index (χ3n) is 4.49. The number of rotatable bonds is 6. The maximum absolute atomic E-state index is 13.7. The van der Waals surface area contributed by atoms with Crippen LogP contribution < -0.4 is 5.32 Å². The van der Waals surface area contributed by atoms with Crippen LogP contribution in [0.2, 0.25) is 0 Å². The minimum atomic E-state index is -0.858. The van der Waals surface area contributed by atoms with E-state index in [0.717, 1.165) is 23.5 Å². The maximum atomic E-state index is 13.7. The Labute approximate surface area is 158 Å². The molecule has 2 aromatic rings. The molecule has 0 saturated carbocycles. The summed E-state index contributed by atoms with van der Waals surface area (Å²) < 4.78 is 33.9. The van der Waals surface area contributed by atoms with Crippen LogP contribution in [0.4, 0.5) is 19.3 Å². The van der Waals surface area contributed by atoms with Gasteiger partial charge in [-0.05, 0) is 43.9 Å². The number of halogens is 2. The number of carbonyl (C=O) groups is 1. The Morgan fingerprint density at radius 3 is 2.30 bits per heavy atom. The topological polar surface area (TPSA) is 56.1 Å². The molecule has 2 atom stereocenters. The lowest BCUT2D eigenvalue weighted by molar-refractivity contribution is 0.0868. The molecule has 0 fully saturated rings. The molecule has 1 heterocycles. The van der Waals surface area contributed by atoms with Gasteiger partial charge in [0.15, 0.2) is 0 Å². The van der Waals surface area contributed by atoms with E-state index >= 15 is 0 Å². The zero-order chi connectivity index (χ0) is 20.3. The molecule has 1 amide bonds. The van der Waals surface area contributed by atoms with Gasteiger partial charge in [0.25, 0.3) is 0 Å². The van der Waals surface area contributed by atoms with Crippen molar-refractivity contribution in [1.29, 1.82) is 0 Å². The number of amides is 1. The summed E-state index contributed by atoms with van der Waals surface area (Å²) in [6.45, 7) is 12.0. The van der Waals surface area contributed by atoms with Gasteiger partial charge in [-0.3, -0.25) is 10.00 Å². The predicted molar refractivity (Wildman–Crippen MR) is 101 cm³/mol. The summed E-state index contributed by atoms with van der Waals surface area (Å²) in [6.07, 6.45) is -1.31. The van der Waals surface area contributed by atoms with E-state index in [4.69, 9.17) is 4.74 Å². The minimum absolute atomic E-state index is 0.134. The number of nitrogens with zero attached hydrogens (tertiary/aromatic N) is 2. The predicted octanol–water partition coefficient (Wildman–Crippen LogP) is 5.61. The first-order valence-corrected chi connectivity index (χ1v) is 9.12. The molecule has 2 rings (SSSR count). The van der Waals surface area contributed by atoms with E-state index < -0.39 is 23.8 Å². The molecule has 0 radical (unpaired) electrons. The Morgan fingerprint density at radius 1 is 1.07 bits per heavy atom. The Morgan fingerprint density at radius 2 is 1.74 bits per heavy atom. The van der Waals surface area contributed by atoms with Crippen LogP contribution in [0.25, 0.3) is 0 Å². The van der Waals surface area contributed by atoms with E-state index in [1.165, 1.54) is 0 Å². The monoisotopic (exact) mass is 379 g/mol. The van der Waals surface area contributed by atoms with Gasteiger partial charge in [0, 0.05) is 11.8 Å². The largest absolute Gasteiger partial charge is 0.444 e. The molecule has 0 unspecified atom stereocenters. The van der Waals surface area contributed by atoms with Gasteiger partial charge in [-0.2, -0.15) is 5.10 Å². The average Bonchev–Trinajstić information content (AvgIpc) is 3.02. The van der Waals surface area contributed by atoms with Crippen molar-refractivity contribution in [1.82, 2.24) is 9.78 Å². The molecule has 0 spiro atoms. The van der Waals surface area contributed by atoms with Crippen molar-refractivity contribution in [2.24, 2.45) is 0 Å². The van der Waals surface area contributed by atoms with Gasteiger partial charge < -0.3 is 4.74 Å². The summed E-state index contributed by atoms with van der Waals surface area (Å²) in [5.41, 5.74) is 1.91. The number of anilines is 1. The zero-order valence-electron chi connectivity index (χ0n) is 16.6. The van der Waals surface area contributed by atoms with E-state index in [1.807, 2.05) is 11.6 Å². The average molecular weight is 379 g/mol. The molecule has 5 nitrogen and oxygen atoms in total. The molecule has 27 heavy (non-hydrogen) atoms. The van der Waals surface area contributed by atoms with Crippen LogP contribution in [0.15, 0.2) is 24.3 Å². The highest BCUT2D eigenvalue weighted by Crippen LogP contribution is 2.26. The minimum Gasteiger partial charge on any atom is -0.444 e. The standard InChI is InChI=1S/C20H27F2N3O2/c1-11(2)18-10-19(12(3)4)25(24-18)13(5)14(6)27-20(26)23-17-8-7-15(21)9-16(17)22/h7-14H,1-6H3,(H,23,26)/t13-,14+/m0/s1. The quantitative estimate of drug-likeness (QED) is 0.710. The highest BCUT2D eigenvalue weighted by molar-refractivity contribution is 5.84. The highest BCUT2D eigenvalue weighted by Gasteiger charge is 2.24. The number of benzene rings is 1. The van der Waals surface area contributed by atoms with E-state index in [2.05, 4.69) is 44.2 Å². The maximum Gasteiger partial charge on any atom is 0.412 e.